The third-order valence-electron chi connectivity index (χ3n) is 4.53. The average Bonchev–Trinajstić information content (AvgIpc) is 3.03. The van der Waals surface area contributed by atoms with Crippen molar-refractivity contribution in [2.24, 2.45) is 0 Å². The van der Waals surface area contributed by atoms with Crippen LogP contribution in [0.2, 0.25) is 0 Å². The number of likely N-dealkylation sites (tertiary alicyclic amines) is 1. The standard InChI is InChI=1S/C15H24N4/c1-11-8-13(12-4-7-19(3)9-12)18-14(17-11)15(5-6-15)10-16-2/h8,12,16H,4-7,9-10H2,1-3H3. The summed E-state index contributed by atoms with van der Waals surface area (Å²) in [5, 5.41) is 3.30. The van der Waals surface area contributed by atoms with Crippen LogP contribution in [0.25, 0.3) is 0 Å². The SMILES string of the molecule is CNCC1(c2nc(C)cc(C3CCN(C)C3)n2)CC1. The summed E-state index contributed by atoms with van der Waals surface area (Å²) in [6.07, 6.45) is 3.67. The van der Waals surface area contributed by atoms with Crippen LogP contribution in [0.1, 0.15) is 42.4 Å². The summed E-state index contributed by atoms with van der Waals surface area (Å²) in [6.45, 7) is 5.42. The lowest BCUT2D eigenvalue weighted by Crippen LogP contribution is -2.26. The second-order valence-corrected chi connectivity index (χ2v) is 6.32. The van der Waals surface area contributed by atoms with Crippen molar-refractivity contribution in [3.05, 3.63) is 23.3 Å². The van der Waals surface area contributed by atoms with E-state index in [2.05, 4.69) is 30.3 Å². The van der Waals surface area contributed by atoms with E-state index in [1.807, 2.05) is 7.05 Å². The molecule has 3 rings (SSSR count). The van der Waals surface area contributed by atoms with Gasteiger partial charge in [-0.3, -0.25) is 0 Å². The summed E-state index contributed by atoms with van der Waals surface area (Å²) in [7, 11) is 4.21. The number of nitrogens with one attached hydrogen (secondary N) is 1. The first-order valence-corrected chi connectivity index (χ1v) is 7.32. The largest absolute Gasteiger partial charge is 0.319 e. The Morgan fingerprint density at radius 1 is 1.42 bits per heavy atom. The van der Waals surface area contributed by atoms with Crippen molar-refractivity contribution in [1.82, 2.24) is 20.2 Å². The van der Waals surface area contributed by atoms with Gasteiger partial charge in [-0.05, 0) is 52.9 Å². The number of aromatic nitrogens is 2. The second kappa shape index (κ2) is 4.84. The van der Waals surface area contributed by atoms with E-state index in [9.17, 15) is 0 Å². The number of likely N-dealkylation sites (N-methyl/N-ethyl adjacent to an activating group) is 2. The minimum Gasteiger partial charge on any atom is -0.319 e. The zero-order valence-electron chi connectivity index (χ0n) is 12.2. The maximum atomic E-state index is 4.93. The van der Waals surface area contributed by atoms with E-state index in [1.54, 1.807) is 0 Å². The van der Waals surface area contributed by atoms with Crippen molar-refractivity contribution in [2.45, 2.75) is 37.5 Å². The Morgan fingerprint density at radius 3 is 2.79 bits per heavy atom. The highest BCUT2D eigenvalue weighted by Gasteiger charge is 2.46. The smallest absolute Gasteiger partial charge is 0.136 e. The Morgan fingerprint density at radius 2 is 2.21 bits per heavy atom. The van der Waals surface area contributed by atoms with Gasteiger partial charge in [0.1, 0.15) is 5.82 Å². The van der Waals surface area contributed by atoms with Crippen LogP contribution in [0.3, 0.4) is 0 Å². The molecule has 0 bridgehead atoms. The Hall–Kier alpha value is -1.00. The van der Waals surface area contributed by atoms with Gasteiger partial charge in [-0.25, -0.2) is 9.97 Å². The monoisotopic (exact) mass is 260 g/mol. The molecule has 1 aliphatic heterocycles. The van der Waals surface area contributed by atoms with Crippen molar-refractivity contribution >= 4 is 0 Å². The van der Waals surface area contributed by atoms with Gasteiger partial charge in [0.05, 0.1) is 0 Å². The molecule has 2 heterocycles. The van der Waals surface area contributed by atoms with Crippen LogP contribution >= 0.6 is 0 Å². The summed E-state index contributed by atoms with van der Waals surface area (Å²) in [6, 6.07) is 2.18. The fourth-order valence-electron chi connectivity index (χ4n) is 3.18. The van der Waals surface area contributed by atoms with Crippen LogP contribution in [-0.4, -0.2) is 48.6 Å². The molecule has 1 aromatic heterocycles. The molecule has 4 heteroatoms. The van der Waals surface area contributed by atoms with E-state index in [-0.39, 0.29) is 5.41 Å². The molecule has 1 aromatic rings. The first-order chi connectivity index (χ1) is 9.13. The molecule has 0 aromatic carbocycles. The predicted octanol–water partition coefficient (Wildman–Crippen LogP) is 1.46. The number of hydrogen-bond acceptors (Lipinski definition) is 4. The lowest BCUT2D eigenvalue weighted by Gasteiger charge is -2.17. The third-order valence-corrected chi connectivity index (χ3v) is 4.53. The zero-order valence-corrected chi connectivity index (χ0v) is 12.2. The summed E-state index contributed by atoms with van der Waals surface area (Å²) in [5.41, 5.74) is 2.60. The highest BCUT2D eigenvalue weighted by atomic mass is 15.1. The van der Waals surface area contributed by atoms with Crippen molar-refractivity contribution in [2.75, 3.05) is 33.7 Å². The molecule has 19 heavy (non-hydrogen) atoms. The van der Waals surface area contributed by atoms with Crippen LogP contribution in [0.5, 0.6) is 0 Å². The minimum atomic E-state index is 0.222. The number of nitrogens with zero attached hydrogens (tertiary/aromatic N) is 3. The Kier molecular flexibility index (Phi) is 3.31. The normalized spacial score (nSPS) is 25.7. The predicted molar refractivity (Wildman–Crippen MR) is 76.5 cm³/mol. The summed E-state index contributed by atoms with van der Waals surface area (Å²) in [4.78, 5) is 12.0. The highest BCUT2D eigenvalue weighted by Crippen LogP contribution is 2.46. The van der Waals surface area contributed by atoms with E-state index >= 15 is 0 Å². The molecule has 1 saturated carbocycles. The fraction of sp³-hybridized carbons (Fsp3) is 0.733. The van der Waals surface area contributed by atoms with E-state index in [0.717, 1.165) is 24.6 Å². The molecule has 2 aliphatic rings. The molecule has 1 atom stereocenters. The summed E-state index contributed by atoms with van der Waals surface area (Å²) < 4.78 is 0. The van der Waals surface area contributed by atoms with E-state index in [1.165, 1.54) is 31.5 Å². The Labute approximate surface area is 115 Å². The molecular weight excluding hydrogens is 236 g/mol. The van der Waals surface area contributed by atoms with Crippen LogP contribution in [0.4, 0.5) is 0 Å². The Balaban J connectivity index is 1.88. The molecule has 2 fully saturated rings. The van der Waals surface area contributed by atoms with Gasteiger partial charge in [0.25, 0.3) is 0 Å². The number of aryl methyl sites for hydroxylation is 1. The maximum absolute atomic E-state index is 4.93. The highest BCUT2D eigenvalue weighted by molar-refractivity contribution is 5.25. The lowest BCUT2D eigenvalue weighted by atomic mass is 10.0. The van der Waals surface area contributed by atoms with Gasteiger partial charge in [-0.2, -0.15) is 0 Å². The van der Waals surface area contributed by atoms with Crippen molar-refractivity contribution in [3.8, 4) is 0 Å². The molecule has 1 N–H and O–H groups in total. The fourth-order valence-corrected chi connectivity index (χ4v) is 3.18. The first-order valence-electron chi connectivity index (χ1n) is 7.32. The number of hydrogen-bond donors (Lipinski definition) is 1. The van der Waals surface area contributed by atoms with Gasteiger partial charge in [-0.1, -0.05) is 0 Å². The van der Waals surface area contributed by atoms with Gasteiger partial charge in [0, 0.05) is 35.8 Å². The maximum Gasteiger partial charge on any atom is 0.136 e. The van der Waals surface area contributed by atoms with E-state index < -0.39 is 0 Å². The van der Waals surface area contributed by atoms with Gasteiger partial charge < -0.3 is 10.2 Å². The average molecular weight is 260 g/mol. The topological polar surface area (TPSA) is 41.1 Å². The molecule has 1 saturated heterocycles. The molecule has 4 nitrogen and oxygen atoms in total. The lowest BCUT2D eigenvalue weighted by molar-refractivity contribution is 0.410. The Bertz CT molecular complexity index is 467. The van der Waals surface area contributed by atoms with Gasteiger partial charge in [0.2, 0.25) is 0 Å². The van der Waals surface area contributed by atoms with Gasteiger partial charge >= 0.3 is 0 Å². The molecule has 0 amide bonds. The third kappa shape index (κ3) is 2.51. The quantitative estimate of drug-likeness (QED) is 0.890. The second-order valence-electron chi connectivity index (χ2n) is 6.32. The molecule has 0 spiro atoms. The van der Waals surface area contributed by atoms with Gasteiger partial charge in [0.15, 0.2) is 0 Å². The zero-order chi connectivity index (χ0) is 13.5. The first kappa shape index (κ1) is 13.0. The van der Waals surface area contributed by atoms with Crippen LogP contribution < -0.4 is 5.32 Å². The molecule has 1 unspecified atom stereocenters. The molecule has 104 valence electrons. The van der Waals surface area contributed by atoms with Gasteiger partial charge in [-0.15, -0.1) is 0 Å². The summed E-state index contributed by atoms with van der Waals surface area (Å²) in [5.74, 6) is 1.67. The summed E-state index contributed by atoms with van der Waals surface area (Å²) >= 11 is 0. The minimum absolute atomic E-state index is 0.222. The van der Waals surface area contributed by atoms with E-state index in [0.29, 0.717) is 5.92 Å². The number of rotatable bonds is 4. The van der Waals surface area contributed by atoms with Crippen LogP contribution in [0.15, 0.2) is 6.07 Å². The van der Waals surface area contributed by atoms with Crippen molar-refractivity contribution in [3.63, 3.8) is 0 Å². The van der Waals surface area contributed by atoms with Crippen LogP contribution in [0, 0.1) is 6.92 Å². The van der Waals surface area contributed by atoms with E-state index in [4.69, 9.17) is 9.97 Å². The molecular formula is C15H24N4. The molecule has 0 radical (unpaired) electrons. The van der Waals surface area contributed by atoms with Crippen molar-refractivity contribution < 1.29 is 0 Å². The molecule has 1 aliphatic carbocycles. The van der Waals surface area contributed by atoms with Crippen molar-refractivity contribution in [1.29, 1.82) is 0 Å². The van der Waals surface area contributed by atoms with Crippen LogP contribution in [-0.2, 0) is 5.41 Å².